The van der Waals surface area contributed by atoms with Crippen LogP contribution in [-0.2, 0) is 6.42 Å². The molecule has 1 saturated heterocycles. The molecule has 31 heavy (non-hydrogen) atoms. The fourth-order valence-corrected chi connectivity index (χ4v) is 4.61. The van der Waals surface area contributed by atoms with Crippen LogP contribution in [0.5, 0.6) is 0 Å². The van der Waals surface area contributed by atoms with Crippen molar-refractivity contribution in [2.75, 3.05) is 23.7 Å². The van der Waals surface area contributed by atoms with E-state index < -0.39 is 0 Å². The van der Waals surface area contributed by atoms with E-state index in [-0.39, 0.29) is 5.82 Å². The van der Waals surface area contributed by atoms with E-state index in [2.05, 4.69) is 58.4 Å². The maximum atomic E-state index is 14.2. The highest BCUT2D eigenvalue weighted by atomic mass is 19.1. The third kappa shape index (κ3) is 4.11. The second-order valence-electron chi connectivity index (χ2n) is 8.40. The van der Waals surface area contributed by atoms with Gasteiger partial charge in [-0.25, -0.2) is 9.37 Å². The van der Waals surface area contributed by atoms with Crippen molar-refractivity contribution in [1.29, 1.82) is 0 Å². The lowest BCUT2D eigenvalue weighted by molar-refractivity contribution is 0.404. The Morgan fingerprint density at radius 1 is 0.871 bits per heavy atom. The van der Waals surface area contributed by atoms with E-state index in [0.717, 1.165) is 36.3 Å². The largest absolute Gasteiger partial charge is 0.383 e. The number of piperidine rings is 1. The number of nitrogen functional groups attached to an aromatic ring is 1. The molecule has 0 aliphatic carbocycles. The summed E-state index contributed by atoms with van der Waals surface area (Å²) in [7, 11) is 0. The zero-order valence-corrected chi connectivity index (χ0v) is 17.5. The lowest BCUT2D eigenvalue weighted by Crippen LogP contribution is -2.34. The van der Waals surface area contributed by atoms with Crippen LogP contribution < -0.4 is 10.6 Å². The van der Waals surface area contributed by atoms with Crippen LogP contribution in [0.15, 0.2) is 78.9 Å². The first-order valence-electron chi connectivity index (χ1n) is 10.9. The third-order valence-electron chi connectivity index (χ3n) is 6.34. The maximum Gasteiger partial charge on any atom is 0.132 e. The number of rotatable bonds is 4. The Kier molecular flexibility index (Phi) is 5.29. The van der Waals surface area contributed by atoms with Crippen LogP contribution in [0.2, 0.25) is 0 Å². The summed E-state index contributed by atoms with van der Waals surface area (Å²) in [6.07, 6.45) is 3.53. The molecular formula is C27H26FN3. The van der Waals surface area contributed by atoms with Gasteiger partial charge in [-0.15, -0.1) is 0 Å². The van der Waals surface area contributed by atoms with Crippen LogP contribution in [0, 0.1) is 11.7 Å². The first kappa shape index (κ1) is 19.6. The molecule has 0 amide bonds. The Balaban J connectivity index is 1.34. The summed E-state index contributed by atoms with van der Waals surface area (Å²) in [6, 6.07) is 25.7. The average Bonchev–Trinajstić information content (AvgIpc) is 2.80. The number of nitrogens with two attached hydrogens (primary N) is 1. The van der Waals surface area contributed by atoms with Gasteiger partial charge in [-0.2, -0.15) is 0 Å². The van der Waals surface area contributed by atoms with Gasteiger partial charge in [-0.05, 0) is 55.0 Å². The molecule has 0 spiro atoms. The first-order valence-corrected chi connectivity index (χ1v) is 10.9. The number of fused-ring (bicyclic) bond motifs is 1. The molecule has 0 atom stereocenters. The Morgan fingerprint density at radius 2 is 1.61 bits per heavy atom. The molecule has 0 bridgehead atoms. The molecule has 3 aromatic carbocycles. The quantitative estimate of drug-likeness (QED) is 0.442. The zero-order chi connectivity index (χ0) is 21.2. The van der Waals surface area contributed by atoms with E-state index >= 15 is 0 Å². The van der Waals surface area contributed by atoms with E-state index in [1.807, 2.05) is 12.1 Å². The van der Waals surface area contributed by atoms with Crippen molar-refractivity contribution in [3.05, 3.63) is 90.2 Å². The number of hydrogen-bond acceptors (Lipinski definition) is 3. The maximum absolute atomic E-state index is 14.2. The van der Waals surface area contributed by atoms with Gasteiger partial charge in [0.1, 0.15) is 11.6 Å². The molecule has 0 unspecified atom stereocenters. The molecule has 0 saturated carbocycles. The summed E-state index contributed by atoms with van der Waals surface area (Å²) in [6.45, 7) is 2.09. The van der Waals surface area contributed by atoms with Gasteiger partial charge < -0.3 is 10.6 Å². The van der Waals surface area contributed by atoms with E-state index in [1.54, 1.807) is 12.1 Å². The summed E-state index contributed by atoms with van der Waals surface area (Å²) in [5.41, 5.74) is 10.8. The monoisotopic (exact) mass is 411 g/mol. The van der Waals surface area contributed by atoms with E-state index in [4.69, 9.17) is 5.73 Å². The van der Waals surface area contributed by atoms with Gasteiger partial charge in [0.05, 0.1) is 5.52 Å². The van der Waals surface area contributed by atoms with E-state index in [0.29, 0.717) is 16.9 Å². The lowest BCUT2D eigenvalue weighted by atomic mass is 9.90. The molecule has 1 aliphatic rings. The van der Waals surface area contributed by atoms with Crippen LogP contribution in [0.1, 0.15) is 18.4 Å². The number of halogens is 1. The van der Waals surface area contributed by atoms with Crippen molar-refractivity contribution in [3.63, 3.8) is 0 Å². The van der Waals surface area contributed by atoms with Crippen molar-refractivity contribution in [1.82, 2.24) is 4.98 Å². The van der Waals surface area contributed by atoms with Gasteiger partial charge in [0.15, 0.2) is 0 Å². The van der Waals surface area contributed by atoms with Gasteiger partial charge in [-0.3, -0.25) is 0 Å². The van der Waals surface area contributed by atoms with Crippen LogP contribution >= 0.6 is 0 Å². The second kappa shape index (κ2) is 8.38. The highest BCUT2D eigenvalue weighted by Crippen LogP contribution is 2.33. The number of anilines is 2. The molecule has 2 N–H and O–H groups in total. The number of aromatic nitrogens is 1. The van der Waals surface area contributed by atoms with E-state index in [9.17, 15) is 4.39 Å². The smallest absolute Gasteiger partial charge is 0.132 e. The molecule has 1 aromatic heterocycles. The third-order valence-corrected chi connectivity index (χ3v) is 6.34. The van der Waals surface area contributed by atoms with Crippen molar-refractivity contribution >= 4 is 22.4 Å². The second-order valence-corrected chi connectivity index (χ2v) is 8.40. The summed E-state index contributed by atoms with van der Waals surface area (Å²) >= 11 is 0. The Morgan fingerprint density at radius 3 is 2.39 bits per heavy atom. The molecule has 4 heteroatoms. The van der Waals surface area contributed by atoms with Crippen LogP contribution in [0.25, 0.3) is 22.0 Å². The van der Waals surface area contributed by atoms with Crippen molar-refractivity contribution in [3.8, 4) is 11.1 Å². The number of benzene rings is 3. The lowest BCUT2D eigenvalue weighted by Gasteiger charge is -2.34. The summed E-state index contributed by atoms with van der Waals surface area (Å²) in [5, 5.41) is 0.968. The minimum absolute atomic E-state index is 0.287. The highest BCUT2D eigenvalue weighted by Gasteiger charge is 2.20. The Bertz CT molecular complexity index is 1200. The Hall–Kier alpha value is -3.40. The first-order chi connectivity index (χ1) is 15.2. The standard InChI is InChI=1S/C27H26FN3/c28-25-9-5-4-8-23(25)24-17-21-10-11-22(18-26(21)30-27(24)29)31-14-12-20(13-15-31)16-19-6-2-1-3-7-19/h1-11,17-18,20H,12-16H2,(H2,29,30). The van der Waals surface area contributed by atoms with Gasteiger partial charge in [0.25, 0.3) is 0 Å². The normalized spacial score (nSPS) is 14.8. The van der Waals surface area contributed by atoms with Crippen molar-refractivity contribution in [2.24, 2.45) is 5.92 Å². The van der Waals surface area contributed by atoms with Gasteiger partial charge in [0, 0.05) is 35.3 Å². The molecule has 4 aromatic rings. The van der Waals surface area contributed by atoms with Crippen LogP contribution in [0.4, 0.5) is 15.9 Å². The van der Waals surface area contributed by atoms with Crippen LogP contribution in [-0.4, -0.2) is 18.1 Å². The Labute approximate surface area is 182 Å². The predicted octanol–water partition coefficient (Wildman–Crippen LogP) is 6.08. The van der Waals surface area contributed by atoms with Gasteiger partial charge >= 0.3 is 0 Å². The zero-order valence-electron chi connectivity index (χ0n) is 17.5. The fourth-order valence-electron chi connectivity index (χ4n) is 4.61. The molecule has 1 fully saturated rings. The van der Waals surface area contributed by atoms with Gasteiger partial charge in [0.2, 0.25) is 0 Å². The van der Waals surface area contributed by atoms with Gasteiger partial charge in [-0.1, -0.05) is 54.6 Å². The average molecular weight is 412 g/mol. The highest BCUT2D eigenvalue weighted by molar-refractivity contribution is 5.90. The predicted molar refractivity (Wildman–Crippen MR) is 127 cm³/mol. The molecule has 0 radical (unpaired) electrons. The van der Waals surface area contributed by atoms with E-state index in [1.165, 1.54) is 30.2 Å². The summed E-state index contributed by atoms with van der Waals surface area (Å²) in [4.78, 5) is 7.04. The number of nitrogens with zero attached hydrogens (tertiary/aromatic N) is 2. The van der Waals surface area contributed by atoms with Crippen molar-refractivity contribution < 1.29 is 4.39 Å². The summed E-state index contributed by atoms with van der Waals surface area (Å²) < 4.78 is 14.2. The summed E-state index contributed by atoms with van der Waals surface area (Å²) in [5.74, 6) is 0.804. The molecule has 5 rings (SSSR count). The minimum atomic E-state index is -0.287. The van der Waals surface area contributed by atoms with Crippen LogP contribution in [0.3, 0.4) is 0 Å². The molecular weight excluding hydrogens is 385 g/mol. The minimum Gasteiger partial charge on any atom is -0.383 e. The topological polar surface area (TPSA) is 42.1 Å². The molecule has 2 heterocycles. The molecule has 156 valence electrons. The molecule has 1 aliphatic heterocycles. The number of hydrogen-bond donors (Lipinski definition) is 1. The fraction of sp³-hybridized carbons (Fsp3) is 0.222. The number of pyridine rings is 1. The molecule has 3 nitrogen and oxygen atoms in total. The van der Waals surface area contributed by atoms with Crippen molar-refractivity contribution in [2.45, 2.75) is 19.3 Å². The SMILES string of the molecule is Nc1nc2cc(N3CCC(Cc4ccccc4)CC3)ccc2cc1-c1ccccc1F.